The van der Waals surface area contributed by atoms with Crippen molar-refractivity contribution in [3.05, 3.63) is 23.8 Å². The maximum absolute atomic E-state index is 10.8. The largest absolute Gasteiger partial charge is 0.486 e. The lowest BCUT2D eigenvalue weighted by Crippen LogP contribution is -2.23. The summed E-state index contributed by atoms with van der Waals surface area (Å²) in [7, 11) is 0. The molecule has 0 aromatic heterocycles. The molecule has 2 atom stereocenters. The van der Waals surface area contributed by atoms with Crippen LogP contribution in [-0.4, -0.2) is 18.3 Å². The summed E-state index contributed by atoms with van der Waals surface area (Å²) in [6.07, 6.45) is 3.97. The summed E-state index contributed by atoms with van der Waals surface area (Å²) >= 11 is 0. The van der Waals surface area contributed by atoms with E-state index in [9.17, 15) is 5.11 Å². The zero-order valence-electron chi connectivity index (χ0n) is 10.8. The van der Waals surface area contributed by atoms with E-state index in [1.165, 1.54) is 0 Å². The van der Waals surface area contributed by atoms with Crippen LogP contribution in [0.3, 0.4) is 0 Å². The number of rotatable bonds is 2. The predicted octanol–water partition coefficient (Wildman–Crippen LogP) is 2.86. The fourth-order valence-corrected chi connectivity index (χ4v) is 3.07. The van der Waals surface area contributed by atoms with Crippen molar-refractivity contribution in [1.29, 1.82) is 0 Å². The Hall–Kier alpha value is -1.22. The molecule has 0 saturated heterocycles. The number of aliphatic hydroxyl groups is 1. The summed E-state index contributed by atoms with van der Waals surface area (Å²) in [5, 5.41) is 10.8. The fourth-order valence-electron chi connectivity index (χ4n) is 3.07. The minimum atomic E-state index is -0.670. The molecule has 98 valence electrons. The van der Waals surface area contributed by atoms with Crippen LogP contribution in [0.4, 0.5) is 0 Å². The second-order valence-electron chi connectivity index (χ2n) is 5.41. The van der Waals surface area contributed by atoms with E-state index in [1.807, 2.05) is 18.2 Å². The monoisotopic (exact) mass is 248 g/mol. The van der Waals surface area contributed by atoms with Crippen molar-refractivity contribution in [2.45, 2.75) is 38.2 Å². The van der Waals surface area contributed by atoms with Crippen LogP contribution < -0.4 is 9.47 Å². The first-order valence-electron chi connectivity index (χ1n) is 6.84. The molecule has 0 bridgehead atoms. The highest BCUT2D eigenvalue weighted by Gasteiger charge is 2.38. The maximum atomic E-state index is 10.8. The van der Waals surface area contributed by atoms with Gasteiger partial charge in [-0.15, -0.1) is 0 Å². The SMILES string of the molecule is CCC1CCC(O)(c2ccc3c(c2)OCCO3)C1. The Balaban J connectivity index is 1.88. The average molecular weight is 248 g/mol. The van der Waals surface area contributed by atoms with Gasteiger partial charge >= 0.3 is 0 Å². The highest BCUT2D eigenvalue weighted by atomic mass is 16.6. The Morgan fingerprint density at radius 3 is 2.78 bits per heavy atom. The molecule has 3 heteroatoms. The zero-order chi connectivity index (χ0) is 12.6. The topological polar surface area (TPSA) is 38.7 Å². The quantitative estimate of drug-likeness (QED) is 0.874. The molecular formula is C15H20O3. The summed E-state index contributed by atoms with van der Waals surface area (Å²) in [5.74, 6) is 2.20. The number of hydrogen-bond acceptors (Lipinski definition) is 3. The highest BCUT2D eigenvalue weighted by Crippen LogP contribution is 2.45. The Bertz CT molecular complexity index is 443. The van der Waals surface area contributed by atoms with E-state index in [1.54, 1.807) is 0 Å². The van der Waals surface area contributed by atoms with Crippen molar-refractivity contribution >= 4 is 0 Å². The van der Waals surface area contributed by atoms with Crippen molar-refractivity contribution in [1.82, 2.24) is 0 Å². The van der Waals surface area contributed by atoms with Gasteiger partial charge in [0.15, 0.2) is 11.5 Å². The summed E-state index contributed by atoms with van der Waals surface area (Å²) in [6, 6.07) is 5.85. The molecule has 2 unspecified atom stereocenters. The van der Waals surface area contributed by atoms with Gasteiger partial charge in [0.25, 0.3) is 0 Å². The molecule has 3 nitrogen and oxygen atoms in total. The van der Waals surface area contributed by atoms with Crippen molar-refractivity contribution in [3.8, 4) is 11.5 Å². The first-order chi connectivity index (χ1) is 8.71. The van der Waals surface area contributed by atoms with Gasteiger partial charge in [0.2, 0.25) is 0 Å². The van der Waals surface area contributed by atoms with Gasteiger partial charge in [-0.3, -0.25) is 0 Å². The second-order valence-corrected chi connectivity index (χ2v) is 5.41. The molecule has 1 aliphatic heterocycles. The third-order valence-corrected chi connectivity index (χ3v) is 4.25. The molecule has 0 spiro atoms. The number of hydrogen-bond donors (Lipinski definition) is 1. The smallest absolute Gasteiger partial charge is 0.161 e. The minimum Gasteiger partial charge on any atom is -0.486 e. The summed E-state index contributed by atoms with van der Waals surface area (Å²) in [5.41, 5.74) is 0.305. The molecule has 1 heterocycles. The maximum Gasteiger partial charge on any atom is 0.161 e. The van der Waals surface area contributed by atoms with Crippen LogP contribution in [0.1, 0.15) is 38.2 Å². The molecule has 3 rings (SSSR count). The van der Waals surface area contributed by atoms with E-state index >= 15 is 0 Å². The van der Waals surface area contributed by atoms with Crippen LogP contribution in [0.15, 0.2) is 18.2 Å². The van der Waals surface area contributed by atoms with E-state index in [4.69, 9.17) is 9.47 Å². The lowest BCUT2D eigenvalue weighted by Gasteiger charge is -2.26. The van der Waals surface area contributed by atoms with E-state index in [-0.39, 0.29) is 0 Å². The minimum absolute atomic E-state index is 0.590. The summed E-state index contributed by atoms with van der Waals surface area (Å²) in [4.78, 5) is 0. The molecule has 1 aliphatic carbocycles. The van der Waals surface area contributed by atoms with Crippen LogP contribution in [0.5, 0.6) is 11.5 Å². The lowest BCUT2D eigenvalue weighted by atomic mass is 9.90. The Labute approximate surface area is 108 Å². The first-order valence-corrected chi connectivity index (χ1v) is 6.84. The molecular weight excluding hydrogens is 228 g/mol. The lowest BCUT2D eigenvalue weighted by molar-refractivity contribution is 0.0392. The van der Waals surface area contributed by atoms with Gasteiger partial charge in [-0.05, 0) is 42.9 Å². The van der Waals surface area contributed by atoms with E-state index in [0.717, 1.165) is 42.7 Å². The van der Waals surface area contributed by atoms with Crippen molar-refractivity contribution < 1.29 is 14.6 Å². The number of benzene rings is 1. The molecule has 18 heavy (non-hydrogen) atoms. The standard InChI is InChI=1S/C15H20O3/c1-2-11-5-6-15(16,10-11)12-3-4-13-14(9-12)18-8-7-17-13/h3-4,9,11,16H,2,5-8,10H2,1H3. The van der Waals surface area contributed by atoms with Gasteiger partial charge in [0, 0.05) is 0 Å². The van der Waals surface area contributed by atoms with Crippen LogP contribution in [0.2, 0.25) is 0 Å². The molecule has 0 radical (unpaired) electrons. The Kier molecular flexibility index (Phi) is 2.94. The predicted molar refractivity (Wildman–Crippen MR) is 69.0 cm³/mol. The van der Waals surface area contributed by atoms with Gasteiger partial charge in [0.05, 0.1) is 5.60 Å². The van der Waals surface area contributed by atoms with Gasteiger partial charge in [-0.25, -0.2) is 0 Å². The summed E-state index contributed by atoms with van der Waals surface area (Å²) < 4.78 is 11.1. The molecule has 1 aromatic carbocycles. The number of ether oxygens (including phenoxy) is 2. The van der Waals surface area contributed by atoms with Crippen LogP contribution in [-0.2, 0) is 5.60 Å². The molecule has 1 N–H and O–H groups in total. The third-order valence-electron chi connectivity index (χ3n) is 4.25. The molecule has 1 aromatic rings. The van der Waals surface area contributed by atoms with E-state index in [2.05, 4.69) is 6.92 Å². The van der Waals surface area contributed by atoms with Crippen molar-refractivity contribution in [2.75, 3.05) is 13.2 Å². The van der Waals surface area contributed by atoms with Crippen LogP contribution >= 0.6 is 0 Å². The fraction of sp³-hybridized carbons (Fsp3) is 0.600. The second kappa shape index (κ2) is 4.47. The molecule has 1 saturated carbocycles. The summed E-state index contributed by atoms with van der Waals surface area (Å²) in [6.45, 7) is 3.39. The highest BCUT2D eigenvalue weighted by molar-refractivity contribution is 5.45. The van der Waals surface area contributed by atoms with Gasteiger partial charge in [0.1, 0.15) is 13.2 Å². The Morgan fingerprint density at radius 1 is 1.28 bits per heavy atom. The molecule has 0 amide bonds. The van der Waals surface area contributed by atoms with Crippen molar-refractivity contribution in [3.63, 3.8) is 0 Å². The third kappa shape index (κ3) is 1.97. The normalized spacial score (nSPS) is 30.4. The zero-order valence-corrected chi connectivity index (χ0v) is 10.8. The van der Waals surface area contributed by atoms with Crippen LogP contribution in [0, 0.1) is 5.92 Å². The van der Waals surface area contributed by atoms with Gasteiger partial charge in [-0.2, -0.15) is 0 Å². The van der Waals surface area contributed by atoms with Crippen LogP contribution in [0.25, 0.3) is 0 Å². The number of fused-ring (bicyclic) bond motifs is 1. The Morgan fingerprint density at radius 2 is 2.06 bits per heavy atom. The average Bonchev–Trinajstić information content (AvgIpc) is 2.81. The molecule has 2 aliphatic rings. The van der Waals surface area contributed by atoms with Gasteiger partial charge in [-0.1, -0.05) is 19.4 Å². The van der Waals surface area contributed by atoms with E-state index < -0.39 is 5.60 Å². The first kappa shape index (κ1) is 11.8. The molecule has 1 fully saturated rings. The van der Waals surface area contributed by atoms with Crippen molar-refractivity contribution in [2.24, 2.45) is 5.92 Å². The van der Waals surface area contributed by atoms with Gasteiger partial charge < -0.3 is 14.6 Å². The van der Waals surface area contributed by atoms with E-state index in [0.29, 0.717) is 19.1 Å².